The lowest BCUT2D eigenvalue weighted by atomic mass is 9.81. The van der Waals surface area contributed by atoms with Gasteiger partial charge in [0.05, 0.1) is 13.2 Å². The largest absolute Gasteiger partial charge is 0.465 e. The standard InChI is InChI=1S/C17H30N2O2/c1-4-9-18-12-17(8-5-10-20-14-17)13-19(3)11-16-7-6-15(2)21-16/h6-7,18H,4-5,8-14H2,1-3H3. The van der Waals surface area contributed by atoms with E-state index in [4.69, 9.17) is 9.15 Å². The topological polar surface area (TPSA) is 37.6 Å². The van der Waals surface area contributed by atoms with Crippen LogP contribution in [0.5, 0.6) is 0 Å². The fourth-order valence-corrected chi connectivity index (χ4v) is 3.23. The molecule has 0 aliphatic carbocycles. The first-order valence-corrected chi connectivity index (χ1v) is 8.16. The molecular weight excluding hydrogens is 264 g/mol. The van der Waals surface area contributed by atoms with E-state index in [1.165, 1.54) is 19.3 Å². The van der Waals surface area contributed by atoms with Crippen LogP contribution in [0.4, 0.5) is 0 Å². The molecule has 1 saturated heterocycles. The summed E-state index contributed by atoms with van der Waals surface area (Å²) in [5.74, 6) is 2.03. The first-order chi connectivity index (χ1) is 10.1. The lowest BCUT2D eigenvalue weighted by molar-refractivity contribution is -0.0243. The van der Waals surface area contributed by atoms with Crippen molar-refractivity contribution in [1.82, 2.24) is 10.2 Å². The number of rotatable bonds is 8. The Bertz CT molecular complexity index is 411. The first-order valence-electron chi connectivity index (χ1n) is 8.16. The van der Waals surface area contributed by atoms with Crippen LogP contribution < -0.4 is 5.32 Å². The molecule has 1 aliphatic rings. The minimum absolute atomic E-state index is 0.240. The van der Waals surface area contributed by atoms with Crippen LogP contribution in [0.25, 0.3) is 0 Å². The third-order valence-corrected chi connectivity index (χ3v) is 4.16. The van der Waals surface area contributed by atoms with Crippen LogP contribution in [-0.2, 0) is 11.3 Å². The van der Waals surface area contributed by atoms with Gasteiger partial charge in [-0.1, -0.05) is 6.92 Å². The van der Waals surface area contributed by atoms with Gasteiger partial charge in [-0.2, -0.15) is 0 Å². The number of ether oxygens (including phenoxy) is 1. The van der Waals surface area contributed by atoms with Gasteiger partial charge in [-0.15, -0.1) is 0 Å². The molecule has 1 aliphatic heterocycles. The second-order valence-corrected chi connectivity index (χ2v) is 6.52. The fourth-order valence-electron chi connectivity index (χ4n) is 3.23. The molecule has 2 heterocycles. The minimum Gasteiger partial charge on any atom is -0.465 e. The van der Waals surface area contributed by atoms with E-state index in [0.717, 1.165) is 50.9 Å². The second-order valence-electron chi connectivity index (χ2n) is 6.52. The van der Waals surface area contributed by atoms with Crippen LogP contribution in [0.3, 0.4) is 0 Å². The summed E-state index contributed by atoms with van der Waals surface area (Å²) in [5, 5.41) is 3.59. The van der Waals surface area contributed by atoms with Crippen molar-refractivity contribution in [3.8, 4) is 0 Å². The summed E-state index contributed by atoms with van der Waals surface area (Å²) in [4.78, 5) is 2.36. The molecule has 2 rings (SSSR count). The van der Waals surface area contributed by atoms with Crippen LogP contribution in [0, 0.1) is 12.3 Å². The number of nitrogens with zero attached hydrogens (tertiary/aromatic N) is 1. The van der Waals surface area contributed by atoms with Crippen molar-refractivity contribution in [1.29, 1.82) is 0 Å². The summed E-state index contributed by atoms with van der Waals surface area (Å²) < 4.78 is 11.5. The number of hydrogen-bond donors (Lipinski definition) is 1. The molecule has 21 heavy (non-hydrogen) atoms. The summed E-state index contributed by atoms with van der Waals surface area (Å²) in [7, 11) is 2.17. The van der Waals surface area contributed by atoms with Crippen molar-refractivity contribution < 1.29 is 9.15 Å². The van der Waals surface area contributed by atoms with Crippen molar-refractivity contribution in [3.05, 3.63) is 23.7 Å². The molecular formula is C17H30N2O2. The van der Waals surface area contributed by atoms with Crippen LogP contribution in [0.1, 0.15) is 37.7 Å². The Morgan fingerprint density at radius 3 is 2.86 bits per heavy atom. The zero-order valence-electron chi connectivity index (χ0n) is 13.8. The number of hydrogen-bond acceptors (Lipinski definition) is 4. The average molecular weight is 294 g/mol. The summed E-state index contributed by atoms with van der Waals surface area (Å²) >= 11 is 0. The zero-order chi connectivity index (χ0) is 15.1. The number of furan rings is 1. The molecule has 1 aromatic heterocycles. The Morgan fingerprint density at radius 2 is 2.24 bits per heavy atom. The first kappa shape index (κ1) is 16.5. The van der Waals surface area contributed by atoms with Gasteiger partial charge in [0.1, 0.15) is 11.5 Å². The number of nitrogens with one attached hydrogen (secondary N) is 1. The smallest absolute Gasteiger partial charge is 0.118 e. The molecule has 4 heteroatoms. The second kappa shape index (κ2) is 7.97. The molecule has 0 aromatic carbocycles. The molecule has 0 bridgehead atoms. The third kappa shape index (κ3) is 5.13. The molecule has 0 spiro atoms. The van der Waals surface area contributed by atoms with Gasteiger partial charge < -0.3 is 14.5 Å². The predicted octanol–water partition coefficient (Wildman–Crippen LogP) is 2.82. The van der Waals surface area contributed by atoms with Gasteiger partial charge in [0.25, 0.3) is 0 Å². The average Bonchev–Trinajstić information content (AvgIpc) is 2.85. The Hall–Kier alpha value is -0.840. The van der Waals surface area contributed by atoms with Gasteiger partial charge in [0, 0.05) is 25.1 Å². The summed E-state index contributed by atoms with van der Waals surface area (Å²) in [6.07, 6.45) is 3.59. The normalized spacial score (nSPS) is 22.9. The highest BCUT2D eigenvalue weighted by Gasteiger charge is 2.33. The Labute approximate surface area is 128 Å². The fraction of sp³-hybridized carbons (Fsp3) is 0.765. The number of aryl methyl sites for hydroxylation is 1. The Morgan fingerprint density at radius 1 is 1.38 bits per heavy atom. The zero-order valence-corrected chi connectivity index (χ0v) is 13.8. The van der Waals surface area contributed by atoms with E-state index in [9.17, 15) is 0 Å². The van der Waals surface area contributed by atoms with E-state index in [2.05, 4.69) is 30.3 Å². The highest BCUT2D eigenvalue weighted by Crippen LogP contribution is 2.29. The van der Waals surface area contributed by atoms with Crippen molar-refractivity contribution in [3.63, 3.8) is 0 Å². The maximum Gasteiger partial charge on any atom is 0.118 e. The Kier molecular flexibility index (Phi) is 6.27. The van der Waals surface area contributed by atoms with Crippen molar-refractivity contribution in [2.45, 2.75) is 39.7 Å². The molecule has 0 saturated carbocycles. The lowest BCUT2D eigenvalue weighted by Crippen LogP contribution is -2.48. The molecule has 120 valence electrons. The molecule has 1 atom stereocenters. The maximum absolute atomic E-state index is 5.78. The molecule has 1 N–H and O–H groups in total. The van der Waals surface area contributed by atoms with Crippen molar-refractivity contribution in [2.75, 3.05) is 39.9 Å². The van der Waals surface area contributed by atoms with Gasteiger partial charge in [-0.05, 0) is 51.9 Å². The summed E-state index contributed by atoms with van der Waals surface area (Å²) in [6.45, 7) is 10.0. The predicted molar refractivity (Wildman–Crippen MR) is 85.4 cm³/mol. The van der Waals surface area contributed by atoms with Gasteiger partial charge in [-0.3, -0.25) is 4.90 Å². The minimum atomic E-state index is 0.240. The van der Waals surface area contributed by atoms with E-state index in [-0.39, 0.29) is 5.41 Å². The third-order valence-electron chi connectivity index (χ3n) is 4.16. The summed E-state index contributed by atoms with van der Waals surface area (Å²) in [5.41, 5.74) is 0.240. The van der Waals surface area contributed by atoms with Crippen molar-refractivity contribution in [2.24, 2.45) is 5.41 Å². The SMILES string of the molecule is CCCNCC1(CN(C)Cc2ccc(C)o2)CCCOC1. The van der Waals surface area contributed by atoms with Crippen LogP contribution in [-0.4, -0.2) is 44.8 Å². The molecule has 1 unspecified atom stereocenters. The molecule has 0 amide bonds. The monoisotopic (exact) mass is 294 g/mol. The molecule has 0 radical (unpaired) electrons. The van der Waals surface area contributed by atoms with E-state index in [1.54, 1.807) is 0 Å². The highest BCUT2D eigenvalue weighted by atomic mass is 16.5. The summed E-state index contributed by atoms with van der Waals surface area (Å²) in [6, 6.07) is 4.11. The van der Waals surface area contributed by atoms with Crippen LogP contribution in [0.15, 0.2) is 16.5 Å². The maximum atomic E-state index is 5.78. The molecule has 1 aromatic rings. The molecule has 4 nitrogen and oxygen atoms in total. The van der Waals surface area contributed by atoms with E-state index < -0.39 is 0 Å². The van der Waals surface area contributed by atoms with Gasteiger partial charge in [-0.25, -0.2) is 0 Å². The van der Waals surface area contributed by atoms with E-state index in [0.29, 0.717) is 0 Å². The van der Waals surface area contributed by atoms with Gasteiger partial charge in [0.2, 0.25) is 0 Å². The van der Waals surface area contributed by atoms with Gasteiger partial charge >= 0.3 is 0 Å². The molecule has 1 fully saturated rings. The van der Waals surface area contributed by atoms with E-state index in [1.807, 2.05) is 13.0 Å². The van der Waals surface area contributed by atoms with Crippen molar-refractivity contribution >= 4 is 0 Å². The van der Waals surface area contributed by atoms with Crippen LogP contribution >= 0.6 is 0 Å². The van der Waals surface area contributed by atoms with Crippen LogP contribution in [0.2, 0.25) is 0 Å². The Balaban J connectivity index is 1.90. The van der Waals surface area contributed by atoms with E-state index >= 15 is 0 Å². The van der Waals surface area contributed by atoms with Gasteiger partial charge in [0.15, 0.2) is 0 Å². The highest BCUT2D eigenvalue weighted by molar-refractivity contribution is 5.05. The quantitative estimate of drug-likeness (QED) is 0.748. The lowest BCUT2D eigenvalue weighted by Gasteiger charge is -2.40.